The van der Waals surface area contributed by atoms with Crippen LogP contribution in [-0.4, -0.2) is 22.9 Å². The zero-order chi connectivity index (χ0) is 13.7. The summed E-state index contributed by atoms with van der Waals surface area (Å²) in [7, 11) is 0. The Labute approximate surface area is 120 Å². The number of fused-ring (bicyclic) bond motifs is 2. The van der Waals surface area contributed by atoms with Crippen LogP contribution in [0.1, 0.15) is 44.3 Å². The molecule has 0 spiro atoms. The van der Waals surface area contributed by atoms with Crippen LogP contribution >= 0.6 is 0 Å². The second kappa shape index (κ2) is 4.59. The summed E-state index contributed by atoms with van der Waals surface area (Å²) in [5.74, 6) is 1.89. The highest BCUT2D eigenvalue weighted by atomic mass is 16.2. The van der Waals surface area contributed by atoms with Crippen molar-refractivity contribution >= 4 is 5.91 Å². The van der Waals surface area contributed by atoms with Crippen molar-refractivity contribution < 1.29 is 4.79 Å². The van der Waals surface area contributed by atoms with Gasteiger partial charge in [-0.15, -0.1) is 0 Å². The number of nitrogens with zero attached hydrogens (tertiary/aromatic N) is 1. The first-order chi connectivity index (χ1) is 9.74. The topological polar surface area (TPSA) is 32.3 Å². The van der Waals surface area contributed by atoms with Crippen LogP contribution in [0.2, 0.25) is 0 Å². The van der Waals surface area contributed by atoms with Crippen LogP contribution in [-0.2, 0) is 4.79 Å². The summed E-state index contributed by atoms with van der Waals surface area (Å²) in [4.78, 5) is 14.8. The minimum Gasteiger partial charge on any atom is -0.318 e. The van der Waals surface area contributed by atoms with Crippen LogP contribution in [0.15, 0.2) is 30.3 Å². The molecule has 1 aromatic rings. The van der Waals surface area contributed by atoms with Gasteiger partial charge in [0, 0.05) is 6.04 Å². The van der Waals surface area contributed by atoms with E-state index in [-0.39, 0.29) is 18.1 Å². The monoisotopic (exact) mass is 270 g/mol. The van der Waals surface area contributed by atoms with Gasteiger partial charge in [-0.2, -0.15) is 0 Å². The van der Waals surface area contributed by atoms with E-state index in [1.54, 1.807) is 0 Å². The number of nitrogens with one attached hydrogen (secondary N) is 1. The molecule has 0 aromatic heterocycles. The maximum absolute atomic E-state index is 12.6. The number of benzene rings is 1. The summed E-state index contributed by atoms with van der Waals surface area (Å²) in [5.41, 5.74) is 1.22. The minimum absolute atomic E-state index is 0.0562. The van der Waals surface area contributed by atoms with Gasteiger partial charge < -0.3 is 4.90 Å². The third kappa shape index (κ3) is 1.80. The summed E-state index contributed by atoms with van der Waals surface area (Å²) < 4.78 is 0. The largest absolute Gasteiger partial charge is 0.318 e. The van der Waals surface area contributed by atoms with Crippen LogP contribution in [0.4, 0.5) is 0 Å². The lowest BCUT2D eigenvalue weighted by Gasteiger charge is -2.35. The Morgan fingerprint density at radius 3 is 2.60 bits per heavy atom. The Morgan fingerprint density at radius 1 is 1.15 bits per heavy atom. The number of carbonyl (C=O) groups excluding carboxylic acids is 1. The SMILES string of the molecule is CC1NC(c2ccccc2)N(C2CC3CCC2C3)C1=O. The molecular weight excluding hydrogens is 248 g/mol. The molecule has 3 nitrogen and oxygen atoms in total. The van der Waals surface area contributed by atoms with Crippen LogP contribution in [0.5, 0.6) is 0 Å². The molecule has 5 atom stereocenters. The summed E-state index contributed by atoms with van der Waals surface area (Å²) in [5, 5.41) is 3.48. The van der Waals surface area contributed by atoms with Crippen molar-refractivity contribution in [3.05, 3.63) is 35.9 Å². The average molecular weight is 270 g/mol. The number of rotatable bonds is 2. The molecule has 106 valence electrons. The van der Waals surface area contributed by atoms with Crippen molar-refractivity contribution in [1.82, 2.24) is 10.2 Å². The van der Waals surface area contributed by atoms with E-state index < -0.39 is 0 Å². The molecule has 3 aliphatic rings. The van der Waals surface area contributed by atoms with E-state index in [2.05, 4.69) is 34.5 Å². The number of hydrogen-bond donors (Lipinski definition) is 1. The van der Waals surface area contributed by atoms with Gasteiger partial charge in [-0.25, -0.2) is 0 Å². The van der Waals surface area contributed by atoms with Gasteiger partial charge in [0.25, 0.3) is 0 Å². The van der Waals surface area contributed by atoms with Crippen LogP contribution in [0.3, 0.4) is 0 Å². The van der Waals surface area contributed by atoms with E-state index in [0.29, 0.717) is 6.04 Å². The fourth-order valence-corrected chi connectivity index (χ4v) is 4.54. The number of hydrogen-bond acceptors (Lipinski definition) is 2. The third-order valence-corrected chi connectivity index (χ3v) is 5.48. The Balaban J connectivity index is 1.66. The molecule has 5 unspecified atom stereocenters. The Morgan fingerprint density at radius 2 is 1.95 bits per heavy atom. The molecule has 2 aliphatic carbocycles. The third-order valence-electron chi connectivity index (χ3n) is 5.48. The summed E-state index contributed by atoms with van der Waals surface area (Å²) in [6.45, 7) is 1.99. The maximum atomic E-state index is 12.6. The molecule has 1 aromatic carbocycles. The van der Waals surface area contributed by atoms with Crippen molar-refractivity contribution in [1.29, 1.82) is 0 Å². The lowest BCUT2D eigenvalue weighted by atomic mass is 9.93. The smallest absolute Gasteiger partial charge is 0.241 e. The molecule has 3 heteroatoms. The van der Waals surface area contributed by atoms with E-state index in [4.69, 9.17) is 0 Å². The molecule has 0 radical (unpaired) electrons. The van der Waals surface area contributed by atoms with E-state index in [1.165, 1.54) is 31.2 Å². The first-order valence-corrected chi connectivity index (χ1v) is 7.87. The van der Waals surface area contributed by atoms with Crippen molar-refractivity contribution in [2.75, 3.05) is 0 Å². The van der Waals surface area contributed by atoms with Gasteiger partial charge in [-0.1, -0.05) is 36.8 Å². The van der Waals surface area contributed by atoms with Gasteiger partial charge in [-0.05, 0) is 43.6 Å². The molecular formula is C17H22N2O. The van der Waals surface area contributed by atoms with Crippen LogP contribution < -0.4 is 5.32 Å². The van der Waals surface area contributed by atoms with Gasteiger partial charge in [0.05, 0.1) is 6.04 Å². The molecule has 20 heavy (non-hydrogen) atoms. The standard InChI is InChI=1S/C17H22N2O/c1-11-17(20)19(15-10-12-7-8-14(15)9-12)16(18-11)13-5-3-2-4-6-13/h2-6,11-12,14-16,18H,7-10H2,1H3. The highest BCUT2D eigenvalue weighted by Gasteiger charge is 2.49. The predicted molar refractivity (Wildman–Crippen MR) is 77.9 cm³/mol. The van der Waals surface area contributed by atoms with Gasteiger partial charge in [0.2, 0.25) is 5.91 Å². The van der Waals surface area contributed by atoms with Gasteiger partial charge in [0.1, 0.15) is 6.17 Å². The second-order valence-corrected chi connectivity index (χ2v) is 6.69. The first-order valence-electron chi connectivity index (χ1n) is 7.87. The average Bonchev–Trinajstić information content (AvgIpc) is 3.16. The highest BCUT2D eigenvalue weighted by molar-refractivity contribution is 5.84. The van der Waals surface area contributed by atoms with Crippen LogP contribution in [0, 0.1) is 11.8 Å². The molecule has 1 heterocycles. The summed E-state index contributed by atoms with van der Waals surface area (Å²) >= 11 is 0. The first kappa shape index (κ1) is 12.4. The van der Waals surface area contributed by atoms with Crippen LogP contribution in [0.25, 0.3) is 0 Å². The highest BCUT2D eigenvalue weighted by Crippen LogP contribution is 2.49. The zero-order valence-electron chi connectivity index (χ0n) is 12.0. The van der Waals surface area contributed by atoms with Crippen molar-refractivity contribution in [3.63, 3.8) is 0 Å². The summed E-state index contributed by atoms with van der Waals surface area (Å²) in [6, 6.07) is 10.8. The van der Waals surface area contributed by atoms with E-state index in [9.17, 15) is 4.79 Å². The Kier molecular flexibility index (Phi) is 2.84. The molecule has 4 rings (SSSR count). The molecule has 1 N–H and O–H groups in total. The van der Waals surface area contributed by atoms with E-state index in [1.807, 2.05) is 13.0 Å². The minimum atomic E-state index is -0.0562. The lowest BCUT2D eigenvalue weighted by molar-refractivity contribution is -0.133. The predicted octanol–water partition coefficient (Wildman–Crippen LogP) is 2.69. The molecule has 1 saturated heterocycles. The Bertz CT molecular complexity index is 515. The zero-order valence-corrected chi connectivity index (χ0v) is 12.0. The molecule has 1 aliphatic heterocycles. The molecule has 3 fully saturated rings. The van der Waals surface area contributed by atoms with Gasteiger partial charge >= 0.3 is 0 Å². The molecule has 2 bridgehead atoms. The molecule has 1 amide bonds. The van der Waals surface area contributed by atoms with Crippen molar-refractivity contribution in [2.45, 2.75) is 50.9 Å². The van der Waals surface area contributed by atoms with Gasteiger partial charge in [-0.3, -0.25) is 10.1 Å². The lowest BCUT2D eigenvalue weighted by Crippen LogP contribution is -2.43. The number of amides is 1. The second-order valence-electron chi connectivity index (χ2n) is 6.69. The van der Waals surface area contributed by atoms with Gasteiger partial charge in [0.15, 0.2) is 0 Å². The Hall–Kier alpha value is -1.35. The fourth-order valence-electron chi connectivity index (χ4n) is 4.54. The molecule has 2 saturated carbocycles. The van der Waals surface area contributed by atoms with E-state index >= 15 is 0 Å². The summed E-state index contributed by atoms with van der Waals surface area (Å²) in [6.07, 6.45) is 5.32. The normalized spacial score (nSPS) is 39.8. The quantitative estimate of drug-likeness (QED) is 0.896. The van der Waals surface area contributed by atoms with Crippen molar-refractivity contribution in [2.24, 2.45) is 11.8 Å². The number of carbonyl (C=O) groups is 1. The van der Waals surface area contributed by atoms with E-state index in [0.717, 1.165) is 11.8 Å². The maximum Gasteiger partial charge on any atom is 0.241 e. The fraction of sp³-hybridized carbons (Fsp3) is 0.588. The van der Waals surface area contributed by atoms with Crippen molar-refractivity contribution in [3.8, 4) is 0 Å².